The molecule has 0 bridgehead atoms. The zero-order valence-corrected chi connectivity index (χ0v) is 12.8. The number of anilines is 1. The van der Waals surface area contributed by atoms with Crippen molar-refractivity contribution in [1.29, 1.82) is 0 Å². The molecule has 21 heavy (non-hydrogen) atoms. The molecular formula is C16H25N5. The summed E-state index contributed by atoms with van der Waals surface area (Å²) in [7, 11) is 0. The van der Waals surface area contributed by atoms with Crippen LogP contribution < -0.4 is 10.2 Å². The van der Waals surface area contributed by atoms with E-state index in [1.807, 2.05) is 12.4 Å². The van der Waals surface area contributed by atoms with E-state index < -0.39 is 0 Å². The smallest absolute Gasteiger partial charge is 0.147 e. The molecule has 1 aliphatic carbocycles. The maximum Gasteiger partial charge on any atom is 0.147 e. The van der Waals surface area contributed by atoms with Gasteiger partial charge in [-0.05, 0) is 39.2 Å². The third kappa shape index (κ3) is 2.90. The second kappa shape index (κ2) is 5.54. The lowest BCUT2D eigenvalue weighted by Crippen LogP contribution is -2.55. The quantitative estimate of drug-likeness (QED) is 0.907. The summed E-state index contributed by atoms with van der Waals surface area (Å²) in [6.07, 6.45) is 9.22. The van der Waals surface area contributed by atoms with Crippen LogP contribution in [0.15, 0.2) is 12.4 Å². The van der Waals surface area contributed by atoms with Crippen LogP contribution in [-0.2, 0) is 6.54 Å². The first-order valence-electron chi connectivity index (χ1n) is 8.34. The summed E-state index contributed by atoms with van der Waals surface area (Å²) in [5.74, 6) is 1.05. The third-order valence-corrected chi connectivity index (χ3v) is 5.07. The van der Waals surface area contributed by atoms with Gasteiger partial charge in [-0.25, -0.2) is 4.98 Å². The number of hydrogen-bond donors (Lipinski definition) is 1. The SMILES string of the molecule is CC1CN2CCCC2CN1c1cnc(CNC2CC2)cn1. The molecule has 1 aromatic rings. The van der Waals surface area contributed by atoms with Gasteiger partial charge in [-0.1, -0.05) is 0 Å². The zero-order valence-electron chi connectivity index (χ0n) is 12.8. The molecular weight excluding hydrogens is 262 g/mol. The zero-order chi connectivity index (χ0) is 14.2. The van der Waals surface area contributed by atoms with Crippen LogP contribution in [0.4, 0.5) is 5.82 Å². The van der Waals surface area contributed by atoms with Crippen molar-refractivity contribution in [2.24, 2.45) is 0 Å². The van der Waals surface area contributed by atoms with Crippen molar-refractivity contribution in [2.45, 2.75) is 57.3 Å². The number of piperazine rings is 1. The van der Waals surface area contributed by atoms with Crippen molar-refractivity contribution < 1.29 is 0 Å². The van der Waals surface area contributed by atoms with E-state index >= 15 is 0 Å². The molecule has 2 atom stereocenters. The summed E-state index contributed by atoms with van der Waals surface area (Å²) in [6.45, 7) is 6.70. The maximum absolute atomic E-state index is 4.67. The highest BCUT2D eigenvalue weighted by Gasteiger charge is 2.34. The maximum atomic E-state index is 4.67. The van der Waals surface area contributed by atoms with Crippen molar-refractivity contribution in [1.82, 2.24) is 20.2 Å². The van der Waals surface area contributed by atoms with Crippen LogP contribution in [0.5, 0.6) is 0 Å². The highest BCUT2D eigenvalue weighted by molar-refractivity contribution is 5.39. The summed E-state index contributed by atoms with van der Waals surface area (Å²) < 4.78 is 0. The Labute approximate surface area is 126 Å². The van der Waals surface area contributed by atoms with Gasteiger partial charge < -0.3 is 10.2 Å². The Hall–Kier alpha value is -1.20. The summed E-state index contributed by atoms with van der Waals surface area (Å²) in [5, 5.41) is 3.49. The van der Waals surface area contributed by atoms with Crippen LogP contribution >= 0.6 is 0 Å². The second-order valence-electron chi connectivity index (χ2n) is 6.81. The van der Waals surface area contributed by atoms with E-state index in [1.54, 1.807) is 0 Å². The highest BCUT2D eigenvalue weighted by Crippen LogP contribution is 2.27. The van der Waals surface area contributed by atoms with Gasteiger partial charge in [0.2, 0.25) is 0 Å². The van der Waals surface area contributed by atoms with Crippen molar-refractivity contribution in [2.75, 3.05) is 24.5 Å². The number of nitrogens with one attached hydrogen (secondary N) is 1. The molecule has 2 aliphatic heterocycles. The van der Waals surface area contributed by atoms with E-state index in [-0.39, 0.29) is 0 Å². The van der Waals surface area contributed by atoms with Crippen LogP contribution in [0.25, 0.3) is 0 Å². The first kappa shape index (κ1) is 13.5. The van der Waals surface area contributed by atoms with Gasteiger partial charge in [0.25, 0.3) is 0 Å². The summed E-state index contributed by atoms with van der Waals surface area (Å²) in [4.78, 5) is 14.3. The largest absolute Gasteiger partial charge is 0.350 e. The molecule has 0 amide bonds. The number of hydrogen-bond acceptors (Lipinski definition) is 5. The molecule has 5 heteroatoms. The minimum atomic E-state index is 0.532. The lowest BCUT2D eigenvalue weighted by atomic mass is 10.1. The fraction of sp³-hybridized carbons (Fsp3) is 0.750. The van der Waals surface area contributed by atoms with Gasteiger partial charge in [0.15, 0.2) is 0 Å². The van der Waals surface area contributed by atoms with Crippen LogP contribution in [0.3, 0.4) is 0 Å². The number of fused-ring (bicyclic) bond motifs is 1. The molecule has 0 aromatic carbocycles. The van der Waals surface area contributed by atoms with Crippen molar-refractivity contribution >= 4 is 5.82 Å². The predicted octanol–water partition coefficient (Wildman–Crippen LogP) is 1.40. The minimum absolute atomic E-state index is 0.532. The molecule has 1 N–H and O–H groups in total. The number of aromatic nitrogens is 2. The molecule has 5 nitrogen and oxygen atoms in total. The van der Waals surface area contributed by atoms with Crippen LogP contribution in [0, 0.1) is 0 Å². The summed E-state index contributed by atoms with van der Waals surface area (Å²) in [6, 6.07) is 1.98. The normalized spacial score (nSPS) is 29.7. The van der Waals surface area contributed by atoms with Gasteiger partial charge in [-0.2, -0.15) is 0 Å². The molecule has 3 heterocycles. The van der Waals surface area contributed by atoms with Crippen molar-refractivity contribution in [3.05, 3.63) is 18.1 Å². The lowest BCUT2D eigenvalue weighted by molar-refractivity contribution is 0.202. The first-order chi connectivity index (χ1) is 10.3. The molecule has 2 unspecified atom stereocenters. The molecule has 3 aliphatic rings. The third-order valence-electron chi connectivity index (χ3n) is 5.07. The van der Waals surface area contributed by atoms with E-state index in [0.29, 0.717) is 6.04 Å². The number of nitrogens with zero attached hydrogens (tertiary/aromatic N) is 4. The Balaban J connectivity index is 1.42. The minimum Gasteiger partial charge on any atom is -0.350 e. The van der Waals surface area contributed by atoms with Crippen molar-refractivity contribution in [3.8, 4) is 0 Å². The Bertz CT molecular complexity index is 484. The molecule has 1 saturated carbocycles. The van der Waals surface area contributed by atoms with Crippen LogP contribution in [0.2, 0.25) is 0 Å². The molecule has 4 rings (SSSR count). The molecule has 1 aromatic heterocycles. The van der Waals surface area contributed by atoms with Crippen LogP contribution in [-0.4, -0.2) is 52.6 Å². The molecule has 0 spiro atoms. The van der Waals surface area contributed by atoms with Gasteiger partial charge >= 0.3 is 0 Å². The Morgan fingerprint density at radius 2 is 2.10 bits per heavy atom. The average Bonchev–Trinajstić information content (AvgIpc) is 3.23. The average molecular weight is 287 g/mol. The number of rotatable bonds is 4. The molecule has 3 fully saturated rings. The Kier molecular flexibility index (Phi) is 3.55. The van der Waals surface area contributed by atoms with Gasteiger partial charge in [0.1, 0.15) is 5.82 Å². The van der Waals surface area contributed by atoms with E-state index in [2.05, 4.69) is 32.0 Å². The lowest BCUT2D eigenvalue weighted by Gasteiger charge is -2.42. The standard InChI is InChI=1S/C16H25N5/c1-12-10-20-6-2-3-15(20)11-21(12)16-9-18-14(8-19-16)7-17-13-4-5-13/h8-9,12-13,15,17H,2-7,10-11H2,1H3. The van der Waals surface area contributed by atoms with Crippen molar-refractivity contribution in [3.63, 3.8) is 0 Å². The first-order valence-corrected chi connectivity index (χ1v) is 8.34. The Morgan fingerprint density at radius 3 is 2.86 bits per heavy atom. The fourth-order valence-electron chi connectivity index (χ4n) is 3.63. The van der Waals surface area contributed by atoms with E-state index in [0.717, 1.165) is 43.2 Å². The molecule has 114 valence electrons. The van der Waals surface area contributed by atoms with Crippen LogP contribution in [0.1, 0.15) is 38.3 Å². The topological polar surface area (TPSA) is 44.3 Å². The fourth-order valence-corrected chi connectivity index (χ4v) is 3.63. The predicted molar refractivity (Wildman–Crippen MR) is 83.3 cm³/mol. The second-order valence-corrected chi connectivity index (χ2v) is 6.81. The monoisotopic (exact) mass is 287 g/mol. The molecule has 2 saturated heterocycles. The van der Waals surface area contributed by atoms with E-state index in [4.69, 9.17) is 0 Å². The summed E-state index contributed by atoms with van der Waals surface area (Å²) >= 11 is 0. The van der Waals surface area contributed by atoms with Gasteiger partial charge in [-0.15, -0.1) is 0 Å². The summed E-state index contributed by atoms with van der Waals surface area (Å²) in [5.41, 5.74) is 1.05. The Morgan fingerprint density at radius 1 is 1.19 bits per heavy atom. The van der Waals surface area contributed by atoms with Gasteiger partial charge in [0, 0.05) is 37.8 Å². The molecule has 0 radical (unpaired) electrons. The van der Waals surface area contributed by atoms with Gasteiger partial charge in [-0.3, -0.25) is 9.88 Å². The van der Waals surface area contributed by atoms with Gasteiger partial charge in [0.05, 0.1) is 18.1 Å². The highest BCUT2D eigenvalue weighted by atomic mass is 15.3. The van der Waals surface area contributed by atoms with E-state index in [1.165, 1.54) is 32.2 Å². The van der Waals surface area contributed by atoms with E-state index in [9.17, 15) is 0 Å².